The van der Waals surface area contributed by atoms with E-state index in [4.69, 9.17) is 4.98 Å². The SMILES string of the molecule is O=C(Cc1ccc(-c2ccccc2)cc1)NCCc1nc2ccccc2n1CC(=O)N1CCCC1. The third-order valence-electron chi connectivity index (χ3n) is 6.58. The number of aromatic nitrogens is 2. The van der Waals surface area contributed by atoms with E-state index in [0.717, 1.165) is 59.5 Å². The third-order valence-corrected chi connectivity index (χ3v) is 6.58. The summed E-state index contributed by atoms with van der Waals surface area (Å²) in [6, 6.07) is 26.2. The normalized spacial score (nSPS) is 13.3. The number of carbonyl (C=O) groups is 2. The van der Waals surface area contributed by atoms with Crippen LogP contribution in [0.15, 0.2) is 78.9 Å². The highest BCUT2D eigenvalue weighted by Crippen LogP contribution is 2.20. The van der Waals surface area contributed by atoms with Gasteiger partial charge in [-0.15, -0.1) is 0 Å². The summed E-state index contributed by atoms with van der Waals surface area (Å²) in [6.07, 6.45) is 3.05. The van der Waals surface area contributed by atoms with Gasteiger partial charge >= 0.3 is 0 Å². The number of rotatable bonds is 8. The van der Waals surface area contributed by atoms with E-state index < -0.39 is 0 Å². The number of benzene rings is 3. The molecule has 6 heteroatoms. The summed E-state index contributed by atoms with van der Waals surface area (Å²) in [5, 5.41) is 3.02. The lowest BCUT2D eigenvalue weighted by Gasteiger charge is -2.17. The summed E-state index contributed by atoms with van der Waals surface area (Å²) in [5.74, 6) is 0.939. The Morgan fingerprint density at radius 2 is 1.51 bits per heavy atom. The largest absolute Gasteiger partial charge is 0.355 e. The van der Waals surface area contributed by atoms with Gasteiger partial charge in [-0.25, -0.2) is 4.98 Å². The van der Waals surface area contributed by atoms with E-state index in [1.54, 1.807) is 0 Å². The first-order valence-corrected chi connectivity index (χ1v) is 12.3. The second-order valence-corrected chi connectivity index (χ2v) is 9.03. The van der Waals surface area contributed by atoms with Crippen molar-refractivity contribution in [3.05, 3.63) is 90.3 Å². The molecule has 4 aromatic rings. The van der Waals surface area contributed by atoms with Crippen molar-refractivity contribution < 1.29 is 9.59 Å². The van der Waals surface area contributed by atoms with Crippen molar-refractivity contribution in [3.8, 4) is 11.1 Å². The van der Waals surface area contributed by atoms with Crippen molar-refractivity contribution in [2.24, 2.45) is 0 Å². The lowest BCUT2D eigenvalue weighted by molar-refractivity contribution is -0.130. The van der Waals surface area contributed by atoms with Crippen LogP contribution >= 0.6 is 0 Å². The molecule has 1 N–H and O–H groups in total. The zero-order valence-electron chi connectivity index (χ0n) is 19.8. The quantitative estimate of drug-likeness (QED) is 0.423. The molecular formula is C29H30N4O2. The lowest BCUT2D eigenvalue weighted by atomic mass is 10.0. The molecule has 0 aliphatic carbocycles. The molecule has 2 heterocycles. The fraction of sp³-hybridized carbons (Fsp3) is 0.276. The Bertz CT molecular complexity index is 1310. The van der Waals surface area contributed by atoms with Crippen LogP contribution in [0.4, 0.5) is 0 Å². The van der Waals surface area contributed by atoms with Crippen molar-refractivity contribution in [2.45, 2.75) is 32.2 Å². The Morgan fingerprint density at radius 1 is 0.829 bits per heavy atom. The molecule has 0 unspecified atom stereocenters. The van der Waals surface area contributed by atoms with Crippen molar-refractivity contribution in [3.63, 3.8) is 0 Å². The number of fused-ring (bicyclic) bond motifs is 1. The summed E-state index contributed by atoms with van der Waals surface area (Å²) in [4.78, 5) is 32.1. The maximum Gasteiger partial charge on any atom is 0.242 e. The number of imidazole rings is 1. The number of para-hydroxylation sites is 2. The number of carbonyl (C=O) groups excluding carboxylic acids is 2. The molecule has 35 heavy (non-hydrogen) atoms. The van der Waals surface area contributed by atoms with Crippen LogP contribution in [-0.2, 0) is 29.0 Å². The molecule has 1 saturated heterocycles. The number of nitrogens with zero attached hydrogens (tertiary/aromatic N) is 3. The van der Waals surface area contributed by atoms with Crippen molar-refractivity contribution in [1.82, 2.24) is 19.8 Å². The number of amides is 2. The van der Waals surface area contributed by atoms with Gasteiger partial charge in [-0.05, 0) is 41.7 Å². The van der Waals surface area contributed by atoms with Crippen LogP contribution in [-0.4, -0.2) is 45.9 Å². The minimum Gasteiger partial charge on any atom is -0.355 e. The van der Waals surface area contributed by atoms with Gasteiger partial charge in [0.15, 0.2) is 0 Å². The summed E-state index contributed by atoms with van der Waals surface area (Å²) in [5.41, 5.74) is 5.11. The first-order chi connectivity index (χ1) is 17.2. The van der Waals surface area contributed by atoms with Gasteiger partial charge in [0.2, 0.25) is 11.8 Å². The molecule has 0 saturated carbocycles. The van der Waals surface area contributed by atoms with Crippen LogP contribution in [0.25, 0.3) is 22.2 Å². The monoisotopic (exact) mass is 466 g/mol. The second-order valence-electron chi connectivity index (χ2n) is 9.03. The molecule has 0 radical (unpaired) electrons. The second kappa shape index (κ2) is 10.6. The minimum absolute atomic E-state index is 0.0201. The summed E-state index contributed by atoms with van der Waals surface area (Å²) in [6.45, 7) is 2.44. The van der Waals surface area contributed by atoms with Crippen LogP contribution < -0.4 is 5.32 Å². The molecule has 178 valence electrons. The smallest absolute Gasteiger partial charge is 0.242 e. The van der Waals surface area contributed by atoms with Gasteiger partial charge in [0.25, 0.3) is 0 Å². The van der Waals surface area contributed by atoms with Crippen LogP contribution in [0, 0.1) is 0 Å². The van der Waals surface area contributed by atoms with Gasteiger partial charge in [0, 0.05) is 26.1 Å². The van der Waals surface area contributed by atoms with Crippen LogP contribution in [0.1, 0.15) is 24.2 Å². The predicted molar refractivity (Wildman–Crippen MR) is 138 cm³/mol. The van der Waals surface area contributed by atoms with E-state index in [1.165, 1.54) is 0 Å². The fourth-order valence-corrected chi connectivity index (χ4v) is 4.70. The molecule has 1 aromatic heterocycles. The van der Waals surface area contributed by atoms with Gasteiger partial charge in [-0.2, -0.15) is 0 Å². The summed E-state index contributed by atoms with van der Waals surface area (Å²) in [7, 11) is 0. The predicted octanol–water partition coefficient (Wildman–Crippen LogP) is 4.23. The zero-order valence-corrected chi connectivity index (χ0v) is 19.8. The maximum atomic E-state index is 12.8. The molecule has 3 aromatic carbocycles. The topological polar surface area (TPSA) is 67.2 Å². The van der Waals surface area contributed by atoms with E-state index in [1.807, 2.05) is 64.1 Å². The van der Waals surface area contributed by atoms with Gasteiger partial charge < -0.3 is 14.8 Å². The standard InChI is InChI=1S/C29H30N4O2/c34-28(20-22-12-14-24(15-13-22)23-8-2-1-3-9-23)30-17-16-27-31-25-10-4-5-11-26(25)33(27)21-29(35)32-18-6-7-19-32/h1-5,8-15H,6-7,16-21H2,(H,30,34). The van der Waals surface area contributed by atoms with E-state index in [2.05, 4.69) is 29.6 Å². The summed E-state index contributed by atoms with van der Waals surface area (Å²) >= 11 is 0. The van der Waals surface area contributed by atoms with E-state index >= 15 is 0 Å². The van der Waals surface area contributed by atoms with Crippen LogP contribution in [0.3, 0.4) is 0 Å². The van der Waals surface area contributed by atoms with E-state index in [-0.39, 0.29) is 18.4 Å². The number of likely N-dealkylation sites (tertiary alicyclic amines) is 1. The highest BCUT2D eigenvalue weighted by Gasteiger charge is 2.20. The molecule has 5 rings (SSSR count). The molecule has 0 atom stereocenters. The van der Waals surface area contributed by atoms with E-state index in [0.29, 0.717) is 19.4 Å². The average Bonchev–Trinajstić information content (AvgIpc) is 3.54. The Balaban J connectivity index is 1.19. The van der Waals surface area contributed by atoms with Crippen LogP contribution in [0.2, 0.25) is 0 Å². The van der Waals surface area contributed by atoms with Crippen molar-refractivity contribution >= 4 is 22.8 Å². The maximum absolute atomic E-state index is 12.8. The molecule has 1 fully saturated rings. The number of nitrogens with one attached hydrogen (secondary N) is 1. The Kier molecular flexibility index (Phi) is 6.89. The Hall–Kier alpha value is -3.93. The number of hydrogen-bond acceptors (Lipinski definition) is 3. The molecule has 2 amide bonds. The molecule has 0 spiro atoms. The average molecular weight is 467 g/mol. The molecule has 1 aliphatic rings. The minimum atomic E-state index is -0.0201. The van der Waals surface area contributed by atoms with Gasteiger partial charge in [-0.1, -0.05) is 66.7 Å². The van der Waals surface area contributed by atoms with Gasteiger partial charge in [-0.3, -0.25) is 9.59 Å². The van der Waals surface area contributed by atoms with Gasteiger partial charge in [0.05, 0.1) is 17.5 Å². The first-order valence-electron chi connectivity index (χ1n) is 12.3. The highest BCUT2D eigenvalue weighted by molar-refractivity contribution is 5.81. The Labute approximate surface area is 205 Å². The summed E-state index contributed by atoms with van der Waals surface area (Å²) < 4.78 is 2.00. The zero-order chi connectivity index (χ0) is 24.0. The lowest BCUT2D eigenvalue weighted by Crippen LogP contribution is -2.32. The first kappa shape index (κ1) is 22.8. The Morgan fingerprint density at radius 3 is 2.29 bits per heavy atom. The van der Waals surface area contributed by atoms with Crippen LogP contribution in [0.5, 0.6) is 0 Å². The fourth-order valence-electron chi connectivity index (χ4n) is 4.70. The molecule has 1 aliphatic heterocycles. The van der Waals surface area contributed by atoms with Crippen molar-refractivity contribution in [1.29, 1.82) is 0 Å². The highest BCUT2D eigenvalue weighted by atomic mass is 16.2. The molecule has 0 bridgehead atoms. The van der Waals surface area contributed by atoms with Crippen molar-refractivity contribution in [2.75, 3.05) is 19.6 Å². The number of hydrogen-bond donors (Lipinski definition) is 1. The van der Waals surface area contributed by atoms with E-state index in [9.17, 15) is 9.59 Å². The molecular weight excluding hydrogens is 436 g/mol. The molecule has 6 nitrogen and oxygen atoms in total. The third kappa shape index (κ3) is 5.43. The van der Waals surface area contributed by atoms with Gasteiger partial charge in [0.1, 0.15) is 12.4 Å².